The summed E-state index contributed by atoms with van der Waals surface area (Å²) < 4.78 is 7.22. The highest BCUT2D eigenvalue weighted by atomic mass is 16.5. The minimum atomic E-state index is 0.235. The van der Waals surface area contributed by atoms with Crippen LogP contribution in [0, 0.1) is 0 Å². The van der Waals surface area contributed by atoms with E-state index in [4.69, 9.17) is 4.74 Å². The van der Waals surface area contributed by atoms with Crippen molar-refractivity contribution in [2.75, 3.05) is 59.0 Å². The molecular formula is C20H28N6O2. The highest BCUT2D eigenvalue weighted by Crippen LogP contribution is 2.22. The van der Waals surface area contributed by atoms with Crippen LogP contribution in [0.1, 0.15) is 5.56 Å². The lowest BCUT2D eigenvalue weighted by molar-refractivity contribution is -0.135. The van der Waals surface area contributed by atoms with Crippen molar-refractivity contribution in [3.63, 3.8) is 0 Å². The van der Waals surface area contributed by atoms with Gasteiger partial charge in [0.25, 0.3) is 0 Å². The standard InChI is InChI=1S/C20H28N6O2/c1-23-14-18(20(22-23)17-3-2-4-21-13-17)15-24-5-7-26(8-6-24)19(27)16-25-9-11-28-12-10-25/h2-4,13-14H,5-12,15-16H2,1H3. The Kier molecular flexibility index (Phi) is 5.99. The summed E-state index contributed by atoms with van der Waals surface area (Å²) in [6.45, 7) is 7.84. The van der Waals surface area contributed by atoms with Gasteiger partial charge in [0.2, 0.25) is 5.91 Å². The smallest absolute Gasteiger partial charge is 0.236 e. The molecule has 2 saturated heterocycles. The zero-order chi connectivity index (χ0) is 19.3. The SMILES string of the molecule is Cn1cc(CN2CCN(C(=O)CN3CCOCC3)CC2)c(-c2cccnc2)n1. The van der Waals surface area contributed by atoms with Crippen molar-refractivity contribution in [1.82, 2.24) is 29.5 Å². The number of pyridine rings is 1. The number of amides is 1. The minimum absolute atomic E-state index is 0.235. The maximum atomic E-state index is 12.6. The lowest BCUT2D eigenvalue weighted by atomic mass is 10.1. The Bertz CT molecular complexity index is 779. The van der Waals surface area contributed by atoms with E-state index in [1.807, 2.05) is 35.0 Å². The molecule has 150 valence electrons. The summed E-state index contributed by atoms with van der Waals surface area (Å²) >= 11 is 0. The van der Waals surface area contributed by atoms with Crippen LogP contribution in [0.2, 0.25) is 0 Å². The topological polar surface area (TPSA) is 66.7 Å². The Balaban J connectivity index is 1.32. The summed E-state index contributed by atoms with van der Waals surface area (Å²) in [7, 11) is 1.95. The van der Waals surface area contributed by atoms with E-state index in [1.165, 1.54) is 5.56 Å². The summed E-state index contributed by atoms with van der Waals surface area (Å²) in [6.07, 6.45) is 5.71. The molecule has 0 saturated carbocycles. The third-order valence-electron chi connectivity index (χ3n) is 5.42. The number of aromatic nitrogens is 3. The van der Waals surface area contributed by atoms with E-state index >= 15 is 0 Å². The lowest BCUT2D eigenvalue weighted by Crippen LogP contribution is -2.52. The monoisotopic (exact) mass is 384 g/mol. The summed E-state index contributed by atoms with van der Waals surface area (Å²) in [5, 5.41) is 4.62. The Morgan fingerprint density at radius 3 is 2.61 bits per heavy atom. The number of hydrogen-bond acceptors (Lipinski definition) is 6. The minimum Gasteiger partial charge on any atom is -0.379 e. The molecule has 0 unspecified atom stereocenters. The maximum absolute atomic E-state index is 12.6. The van der Waals surface area contributed by atoms with Crippen LogP contribution < -0.4 is 0 Å². The molecule has 0 bridgehead atoms. The fourth-order valence-electron chi connectivity index (χ4n) is 3.85. The van der Waals surface area contributed by atoms with Crippen LogP contribution in [0.4, 0.5) is 0 Å². The summed E-state index contributed by atoms with van der Waals surface area (Å²) in [4.78, 5) is 23.4. The largest absolute Gasteiger partial charge is 0.379 e. The Morgan fingerprint density at radius 1 is 1.11 bits per heavy atom. The summed E-state index contributed by atoms with van der Waals surface area (Å²) in [5.74, 6) is 0.235. The Labute approximate surface area is 165 Å². The first-order chi connectivity index (χ1) is 13.7. The average molecular weight is 384 g/mol. The van der Waals surface area contributed by atoms with Crippen molar-refractivity contribution in [1.29, 1.82) is 0 Å². The van der Waals surface area contributed by atoms with Crippen molar-refractivity contribution < 1.29 is 9.53 Å². The maximum Gasteiger partial charge on any atom is 0.236 e. The number of nitrogens with zero attached hydrogens (tertiary/aromatic N) is 6. The van der Waals surface area contributed by atoms with Crippen molar-refractivity contribution >= 4 is 5.91 Å². The van der Waals surface area contributed by atoms with Gasteiger partial charge in [-0.05, 0) is 12.1 Å². The van der Waals surface area contributed by atoms with Crippen LogP contribution >= 0.6 is 0 Å². The van der Waals surface area contributed by atoms with Crippen molar-refractivity contribution in [3.05, 3.63) is 36.3 Å². The molecule has 2 aliphatic heterocycles. The van der Waals surface area contributed by atoms with Gasteiger partial charge in [0.05, 0.1) is 25.5 Å². The van der Waals surface area contributed by atoms with Crippen molar-refractivity contribution in [2.24, 2.45) is 7.05 Å². The Hall–Kier alpha value is -2.29. The molecule has 0 aromatic carbocycles. The van der Waals surface area contributed by atoms with Crippen LogP contribution in [0.25, 0.3) is 11.3 Å². The molecular weight excluding hydrogens is 356 g/mol. The predicted octanol–water partition coefficient (Wildman–Crippen LogP) is 0.459. The van der Waals surface area contributed by atoms with Gasteiger partial charge in [0.15, 0.2) is 0 Å². The summed E-state index contributed by atoms with van der Waals surface area (Å²) in [5.41, 5.74) is 3.22. The van der Waals surface area contributed by atoms with Crippen LogP contribution in [0.15, 0.2) is 30.7 Å². The van der Waals surface area contributed by atoms with Crippen molar-refractivity contribution in [3.8, 4) is 11.3 Å². The number of hydrogen-bond donors (Lipinski definition) is 0. The molecule has 2 aromatic rings. The first kappa shape index (κ1) is 19.0. The van der Waals surface area contributed by atoms with Gasteiger partial charge in [-0.2, -0.15) is 5.10 Å². The van der Waals surface area contributed by atoms with Gasteiger partial charge in [-0.3, -0.25) is 24.3 Å². The molecule has 4 heterocycles. The molecule has 2 fully saturated rings. The van der Waals surface area contributed by atoms with Gasteiger partial charge < -0.3 is 9.64 Å². The third-order valence-corrected chi connectivity index (χ3v) is 5.42. The molecule has 0 spiro atoms. The quantitative estimate of drug-likeness (QED) is 0.746. The van der Waals surface area contributed by atoms with E-state index < -0.39 is 0 Å². The van der Waals surface area contributed by atoms with Crippen LogP contribution in [-0.2, 0) is 23.1 Å². The van der Waals surface area contributed by atoms with E-state index in [9.17, 15) is 4.79 Å². The van der Waals surface area contributed by atoms with Gasteiger partial charge >= 0.3 is 0 Å². The number of piperazine rings is 1. The molecule has 8 nitrogen and oxygen atoms in total. The molecule has 2 aliphatic rings. The molecule has 4 rings (SSSR count). The van der Waals surface area contributed by atoms with Gasteiger partial charge in [0, 0.05) is 82.6 Å². The number of morpholine rings is 1. The zero-order valence-corrected chi connectivity index (χ0v) is 16.5. The average Bonchev–Trinajstić information content (AvgIpc) is 3.10. The van der Waals surface area contributed by atoms with Crippen molar-refractivity contribution in [2.45, 2.75) is 6.54 Å². The van der Waals surface area contributed by atoms with Crippen LogP contribution in [0.5, 0.6) is 0 Å². The van der Waals surface area contributed by atoms with E-state index in [-0.39, 0.29) is 5.91 Å². The zero-order valence-electron chi connectivity index (χ0n) is 16.5. The van der Waals surface area contributed by atoms with Gasteiger partial charge in [-0.25, -0.2) is 0 Å². The van der Waals surface area contributed by atoms with Crippen LogP contribution in [-0.4, -0.2) is 94.4 Å². The molecule has 0 radical (unpaired) electrons. The molecule has 1 amide bonds. The second kappa shape index (κ2) is 8.81. The van der Waals surface area contributed by atoms with Gasteiger partial charge in [0.1, 0.15) is 0 Å². The van der Waals surface area contributed by atoms with E-state index in [1.54, 1.807) is 6.20 Å². The van der Waals surface area contributed by atoms with E-state index in [0.29, 0.717) is 6.54 Å². The molecule has 0 atom stereocenters. The molecule has 0 aliphatic carbocycles. The normalized spacial score (nSPS) is 19.1. The summed E-state index contributed by atoms with van der Waals surface area (Å²) in [6, 6.07) is 3.98. The third kappa shape index (κ3) is 4.57. The number of carbonyl (C=O) groups excluding carboxylic acids is 1. The Morgan fingerprint density at radius 2 is 1.89 bits per heavy atom. The molecule has 2 aromatic heterocycles. The predicted molar refractivity (Wildman–Crippen MR) is 106 cm³/mol. The first-order valence-electron chi connectivity index (χ1n) is 9.92. The number of ether oxygens (including phenoxy) is 1. The van der Waals surface area contributed by atoms with E-state index in [0.717, 1.165) is 70.3 Å². The highest BCUT2D eigenvalue weighted by Gasteiger charge is 2.24. The fourth-order valence-corrected chi connectivity index (χ4v) is 3.85. The number of aryl methyl sites for hydroxylation is 1. The second-order valence-electron chi connectivity index (χ2n) is 7.46. The first-order valence-corrected chi connectivity index (χ1v) is 9.92. The highest BCUT2D eigenvalue weighted by molar-refractivity contribution is 5.78. The number of rotatable bonds is 5. The van der Waals surface area contributed by atoms with Gasteiger partial charge in [-0.15, -0.1) is 0 Å². The molecule has 28 heavy (non-hydrogen) atoms. The van der Waals surface area contributed by atoms with E-state index in [2.05, 4.69) is 26.1 Å². The van der Waals surface area contributed by atoms with Crippen LogP contribution in [0.3, 0.4) is 0 Å². The second-order valence-corrected chi connectivity index (χ2v) is 7.46. The lowest BCUT2D eigenvalue weighted by Gasteiger charge is -2.36. The van der Waals surface area contributed by atoms with Gasteiger partial charge in [-0.1, -0.05) is 0 Å². The molecule has 8 heteroatoms. The number of carbonyl (C=O) groups is 1. The fraction of sp³-hybridized carbons (Fsp3) is 0.550. The molecule has 0 N–H and O–H groups in total.